The molecular weight excluding hydrogens is 246 g/mol. The SMILES string of the molecule is c1ccc2c(c1)CC(NC1COCc3ccccc31)C2. The van der Waals surface area contributed by atoms with Crippen LogP contribution in [-0.2, 0) is 24.2 Å². The van der Waals surface area contributed by atoms with Gasteiger partial charge < -0.3 is 10.1 Å². The molecule has 0 radical (unpaired) electrons. The quantitative estimate of drug-likeness (QED) is 0.901. The van der Waals surface area contributed by atoms with Gasteiger partial charge in [-0.3, -0.25) is 0 Å². The molecule has 1 heterocycles. The van der Waals surface area contributed by atoms with E-state index in [4.69, 9.17) is 4.74 Å². The third kappa shape index (κ3) is 2.15. The fourth-order valence-electron chi connectivity index (χ4n) is 3.48. The molecule has 1 aliphatic heterocycles. The number of nitrogens with one attached hydrogen (secondary N) is 1. The summed E-state index contributed by atoms with van der Waals surface area (Å²) in [4.78, 5) is 0. The van der Waals surface area contributed by atoms with Crippen LogP contribution in [0.1, 0.15) is 28.3 Å². The molecule has 2 aromatic carbocycles. The van der Waals surface area contributed by atoms with Crippen molar-refractivity contribution in [3.8, 4) is 0 Å². The zero-order valence-electron chi connectivity index (χ0n) is 11.5. The van der Waals surface area contributed by atoms with E-state index in [0.29, 0.717) is 12.1 Å². The van der Waals surface area contributed by atoms with Crippen LogP contribution in [0, 0.1) is 0 Å². The first-order valence-electron chi connectivity index (χ1n) is 7.38. The molecule has 0 aromatic heterocycles. The molecule has 0 spiro atoms. The molecule has 2 aliphatic rings. The van der Waals surface area contributed by atoms with E-state index in [1.807, 2.05) is 0 Å². The summed E-state index contributed by atoms with van der Waals surface area (Å²) in [6.45, 7) is 1.53. The molecule has 2 aromatic rings. The van der Waals surface area contributed by atoms with E-state index in [9.17, 15) is 0 Å². The molecule has 20 heavy (non-hydrogen) atoms. The molecule has 0 saturated heterocycles. The van der Waals surface area contributed by atoms with Crippen molar-refractivity contribution in [3.05, 3.63) is 70.8 Å². The average molecular weight is 265 g/mol. The van der Waals surface area contributed by atoms with Crippen molar-refractivity contribution in [2.24, 2.45) is 0 Å². The molecule has 1 atom stereocenters. The molecule has 1 unspecified atom stereocenters. The molecule has 2 heteroatoms. The standard InChI is InChI=1S/C18H19NO/c1-2-6-14-10-16(9-13(14)5-1)19-18-12-20-11-15-7-3-4-8-17(15)18/h1-8,16,18-19H,9-12H2. The topological polar surface area (TPSA) is 21.3 Å². The van der Waals surface area contributed by atoms with Crippen molar-refractivity contribution in [1.82, 2.24) is 5.32 Å². The molecule has 0 fully saturated rings. The van der Waals surface area contributed by atoms with Gasteiger partial charge in [0.15, 0.2) is 0 Å². The molecule has 4 rings (SSSR count). The van der Waals surface area contributed by atoms with Gasteiger partial charge in [-0.25, -0.2) is 0 Å². The van der Waals surface area contributed by atoms with Gasteiger partial charge in [-0.15, -0.1) is 0 Å². The zero-order chi connectivity index (χ0) is 13.4. The maximum absolute atomic E-state index is 5.73. The van der Waals surface area contributed by atoms with Gasteiger partial charge in [-0.05, 0) is 35.1 Å². The highest BCUT2D eigenvalue weighted by molar-refractivity contribution is 5.35. The molecule has 0 amide bonds. The van der Waals surface area contributed by atoms with E-state index < -0.39 is 0 Å². The summed E-state index contributed by atoms with van der Waals surface area (Å²) < 4.78 is 5.73. The van der Waals surface area contributed by atoms with Crippen LogP contribution in [0.4, 0.5) is 0 Å². The van der Waals surface area contributed by atoms with Gasteiger partial charge in [0.25, 0.3) is 0 Å². The number of hydrogen-bond acceptors (Lipinski definition) is 2. The van der Waals surface area contributed by atoms with Crippen LogP contribution in [0.2, 0.25) is 0 Å². The normalized spacial score (nSPS) is 21.5. The second-order valence-electron chi connectivity index (χ2n) is 5.81. The predicted octanol–water partition coefficient (Wildman–Crippen LogP) is 3.01. The van der Waals surface area contributed by atoms with Crippen molar-refractivity contribution >= 4 is 0 Å². The van der Waals surface area contributed by atoms with E-state index >= 15 is 0 Å². The van der Waals surface area contributed by atoms with Gasteiger partial charge in [-0.2, -0.15) is 0 Å². The minimum atomic E-state index is 0.333. The third-order valence-electron chi connectivity index (χ3n) is 4.46. The molecule has 1 N–H and O–H groups in total. The van der Waals surface area contributed by atoms with Crippen molar-refractivity contribution < 1.29 is 4.74 Å². The first-order chi connectivity index (χ1) is 9.90. The monoisotopic (exact) mass is 265 g/mol. The molecule has 102 valence electrons. The van der Waals surface area contributed by atoms with E-state index in [0.717, 1.165) is 26.1 Å². The minimum absolute atomic E-state index is 0.333. The number of fused-ring (bicyclic) bond motifs is 2. The van der Waals surface area contributed by atoms with E-state index in [2.05, 4.69) is 53.8 Å². The van der Waals surface area contributed by atoms with Crippen LogP contribution >= 0.6 is 0 Å². The van der Waals surface area contributed by atoms with Gasteiger partial charge in [0.2, 0.25) is 0 Å². The van der Waals surface area contributed by atoms with Gasteiger partial charge in [-0.1, -0.05) is 48.5 Å². The second-order valence-corrected chi connectivity index (χ2v) is 5.81. The van der Waals surface area contributed by atoms with Crippen molar-refractivity contribution in [2.45, 2.75) is 31.5 Å². The summed E-state index contributed by atoms with van der Waals surface area (Å²) in [5, 5.41) is 3.80. The van der Waals surface area contributed by atoms with Gasteiger partial charge in [0, 0.05) is 6.04 Å². The highest BCUT2D eigenvalue weighted by Crippen LogP contribution is 2.28. The summed E-state index contributed by atoms with van der Waals surface area (Å²) in [5.74, 6) is 0. The lowest BCUT2D eigenvalue weighted by atomic mass is 9.98. The van der Waals surface area contributed by atoms with E-state index in [1.165, 1.54) is 22.3 Å². The Hall–Kier alpha value is -1.64. The maximum atomic E-state index is 5.73. The fourth-order valence-corrected chi connectivity index (χ4v) is 3.48. The molecule has 1 aliphatic carbocycles. The Morgan fingerprint density at radius 2 is 1.50 bits per heavy atom. The Kier molecular flexibility index (Phi) is 3.06. The van der Waals surface area contributed by atoms with Gasteiger partial charge in [0.05, 0.1) is 19.3 Å². The number of rotatable bonds is 2. The lowest BCUT2D eigenvalue weighted by Crippen LogP contribution is -2.37. The number of hydrogen-bond donors (Lipinski definition) is 1. The fraction of sp³-hybridized carbons (Fsp3) is 0.333. The first-order valence-corrected chi connectivity index (χ1v) is 7.38. The average Bonchev–Trinajstić information content (AvgIpc) is 2.90. The van der Waals surface area contributed by atoms with Crippen LogP contribution in [0.25, 0.3) is 0 Å². The van der Waals surface area contributed by atoms with Crippen molar-refractivity contribution in [2.75, 3.05) is 6.61 Å². The van der Waals surface area contributed by atoms with Crippen LogP contribution in [-0.4, -0.2) is 12.6 Å². The van der Waals surface area contributed by atoms with Crippen molar-refractivity contribution in [3.63, 3.8) is 0 Å². The van der Waals surface area contributed by atoms with Gasteiger partial charge >= 0.3 is 0 Å². The lowest BCUT2D eigenvalue weighted by molar-refractivity contribution is 0.0788. The Bertz CT molecular complexity index is 597. The second kappa shape index (κ2) is 5.04. The predicted molar refractivity (Wildman–Crippen MR) is 79.6 cm³/mol. The Morgan fingerprint density at radius 1 is 0.850 bits per heavy atom. The molecule has 2 nitrogen and oxygen atoms in total. The van der Waals surface area contributed by atoms with Gasteiger partial charge in [0.1, 0.15) is 0 Å². The minimum Gasteiger partial charge on any atom is -0.375 e. The number of benzene rings is 2. The summed E-state index contributed by atoms with van der Waals surface area (Å²) in [6, 6.07) is 18.3. The van der Waals surface area contributed by atoms with Crippen molar-refractivity contribution in [1.29, 1.82) is 0 Å². The smallest absolute Gasteiger partial charge is 0.0721 e. The van der Waals surface area contributed by atoms with Crippen LogP contribution in [0.3, 0.4) is 0 Å². The maximum Gasteiger partial charge on any atom is 0.0721 e. The third-order valence-corrected chi connectivity index (χ3v) is 4.46. The highest BCUT2D eigenvalue weighted by Gasteiger charge is 2.26. The van der Waals surface area contributed by atoms with E-state index in [-0.39, 0.29) is 0 Å². The Balaban J connectivity index is 1.52. The molecule has 0 bridgehead atoms. The Morgan fingerprint density at radius 3 is 2.25 bits per heavy atom. The van der Waals surface area contributed by atoms with Crippen LogP contribution in [0.5, 0.6) is 0 Å². The Labute approximate surface area is 119 Å². The largest absolute Gasteiger partial charge is 0.375 e. The molecular formula is C18H19NO. The summed E-state index contributed by atoms with van der Waals surface area (Å²) in [7, 11) is 0. The highest BCUT2D eigenvalue weighted by atomic mass is 16.5. The summed E-state index contributed by atoms with van der Waals surface area (Å²) in [6.07, 6.45) is 2.27. The number of ether oxygens (including phenoxy) is 1. The molecule has 0 saturated carbocycles. The lowest BCUT2D eigenvalue weighted by Gasteiger charge is -2.29. The summed E-state index contributed by atoms with van der Waals surface area (Å²) >= 11 is 0. The van der Waals surface area contributed by atoms with E-state index in [1.54, 1.807) is 0 Å². The first kappa shape index (κ1) is 12.1. The zero-order valence-corrected chi connectivity index (χ0v) is 11.5. The van der Waals surface area contributed by atoms with Crippen LogP contribution < -0.4 is 5.32 Å². The summed E-state index contributed by atoms with van der Waals surface area (Å²) in [5.41, 5.74) is 5.73. The van der Waals surface area contributed by atoms with Crippen LogP contribution in [0.15, 0.2) is 48.5 Å².